The molecule has 0 spiro atoms. The highest BCUT2D eigenvalue weighted by molar-refractivity contribution is 6.38. The van der Waals surface area contributed by atoms with E-state index in [1.165, 1.54) is 24.3 Å². The fourth-order valence-corrected chi connectivity index (χ4v) is 4.61. The fraction of sp³-hybridized carbons (Fsp3) is 0.368. The number of hydrogen-bond donors (Lipinski definition) is 0. The van der Waals surface area contributed by atoms with Gasteiger partial charge in [-0.1, -0.05) is 29.3 Å². The quantitative estimate of drug-likeness (QED) is 0.307. The number of carbonyl (C=O) groups is 4. The number of fused-ring (bicyclic) bond motifs is 5. The summed E-state index contributed by atoms with van der Waals surface area (Å²) in [4.78, 5) is 50.6. The Morgan fingerprint density at radius 1 is 1.14 bits per heavy atom. The third-order valence-electron chi connectivity index (χ3n) is 5.14. The molecule has 3 aliphatic rings. The van der Waals surface area contributed by atoms with Crippen molar-refractivity contribution in [2.75, 3.05) is 4.90 Å². The highest BCUT2D eigenvalue weighted by Gasteiger charge is 2.72. The molecule has 0 aromatic heterocycles. The standard InChI is InChI=1S/C19H15Cl2NO7/c1-8(23)27-18(28-9(2)24)19-6-5-13(29-19)14-15(19)17(26)22(16(14)25)12-4-3-10(20)7-11(12)21/h3-7,13-15,18H,1-2H3/t13-,14+,15+,19+/m1/s1. The molecule has 2 amide bonds. The Labute approximate surface area is 175 Å². The smallest absolute Gasteiger partial charge is 0.305 e. The Kier molecular flexibility index (Phi) is 4.68. The monoisotopic (exact) mass is 439 g/mol. The molecule has 10 heteroatoms. The Balaban J connectivity index is 1.76. The van der Waals surface area contributed by atoms with E-state index in [2.05, 4.69) is 0 Å². The van der Waals surface area contributed by atoms with Gasteiger partial charge in [-0.15, -0.1) is 0 Å². The summed E-state index contributed by atoms with van der Waals surface area (Å²) in [5.41, 5.74) is -1.42. The third kappa shape index (κ3) is 2.94. The molecule has 2 fully saturated rings. The highest BCUT2D eigenvalue weighted by Crippen LogP contribution is 2.55. The molecule has 2 saturated heterocycles. The summed E-state index contributed by atoms with van der Waals surface area (Å²) in [6.45, 7) is 2.27. The second-order valence-electron chi connectivity index (χ2n) is 6.96. The van der Waals surface area contributed by atoms with E-state index in [0.717, 1.165) is 18.7 Å². The van der Waals surface area contributed by atoms with Gasteiger partial charge >= 0.3 is 11.9 Å². The van der Waals surface area contributed by atoms with Crippen LogP contribution in [0.4, 0.5) is 5.69 Å². The molecule has 3 aliphatic heterocycles. The molecular weight excluding hydrogens is 425 g/mol. The van der Waals surface area contributed by atoms with Gasteiger partial charge in [0.15, 0.2) is 5.60 Å². The van der Waals surface area contributed by atoms with Crippen molar-refractivity contribution in [3.63, 3.8) is 0 Å². The van der Waals surface area contributed by atoms with E-state index in [9.17, 15) is 19.2 Å². The van der Waals surface area contributed by atoms with Crippen LogP contribution in [0, 0.1) is 11.8 Å². The summed E-state index contributed by atoms with van der Waals surface area (Å²) in [5.74, 6) is -4.49. The van der Waals surface area contributed by atoms with Gasteiger partial charge in [-0.2, -0.15) is 0 Å². The Hall–Kier alpha value is -2.42. The molecule has 0 unspecified atom stereocenters. The largest absolute Gasteiger partial charge is 0.422 e. The number of amides is 2. The van der Waals surface area contributed by atoms with Crippen molar-refractivity contribution in [1.82, 2.24) is 0 Å². The van der Waals surface area contributed by atoms with E-state index in [4.69, 9.17) is 37.4 Å². The number of carbonyl (C=O) groups excluding carboxylic acids is 4. The van der Waals surface area contributed by atoms with Gasteiger partial charge in [0.05, 0.1) is 28.6 Å². The van der Waals surface area contributed by atoms with Gasteiger partial charge in [-0.3, -0.25) is 19.2 Å². The molecule has 0 saturated carbocycles. The zero-order valence-electron chi connectivity index (χ0n) is 15.3. The first-order valence-electron chi connectivity index (χ1n) is 8.70. The van der Waals surface area contributed by atoms with Crippen LogP contribution in [0.1, 0.15) is 13.8 Å². The Morgan fingerprint density at radius 2 is 1.79 bits per heavy atom. The van der Waals surface area contributed by atoms with Crippen LogP contribution in [0.25, 0.3) is 0 Å². The molecule has 29 heavy (non-hydrogen) atoms. The van der Waals surface area contributed by atoms with Gasteiger partial charge in [-0.05, 0) is 24.3 Å². The number of ether oxygens (including phenoxy) is 3. The first kappa shape index (κ1) is 19.9. The molecule has 4 atom stereocenters. The fourth-order valence-electron chi connectivity index (χ4n) is 4.12. The summed E-state index contributed by atoms with van der Waals surface area (Å²) in [5, 5.41) is 0.482. The van der Waals surface area contributed by atoms with E-state index < -0.39 is 53.6 Å². The van der Waals surface area contributed by atoms with Crippen molar-refractivity contribution in [3.8, 4) is 0 Å². The summed E-state index contributed by atoms with van der Waals surface area (Å²) >= 11 is 12.1. The van der Waals surface area contributed by atoms with Crippen LogP contribution in [0.3, 0.4) is 0 Å². The van der Waals surface area contributed by atoms with Crippen LogP contribution in [0.15, 0.2) is 30.4 Å². The topological polar surface area (TPSA) is 99.2 Å². The van der Waals surface area contributed by atoms with E-state index in [-0.39, 0.29) is 10.7 Å². The molecule has 0 N–H and O–H groups in total. The van der Waals surface area contributed by atoms with Crippen molar-refractivity contribution in [1.29, 1.82) is 0 Å². The van der Waals surface area contributed by atoms with Crippen molar-refractivity contribution in [2.45, 2.75) is 31.8 Å². The van der Waals surface area contributed by atoms with E-state index in [0.29, 0.717) is 5.02 Å². The van der Waals surface area contributed by atoms with Crippen LogP contribution < -0.4 is 4.90 Å². The predicted molar refractivity (Wildman–Crippen MR) is 100.0 cm³/mol. The van der Waals surface area contributed by atoms with E-state index in [1.807, 2.05) is 0 Å². The third-order valence-corrected chi connectivity index (χ3v) is 5.68. The molecule has 0 aliphatic carbocycles. The first-order chi connectivity index (χ1) is 13.7. The van der Waals surface area contributed by atoms with Crippen LogP contribution >= 0.6 is 23.2 Å². The number of hydrogen-bond acceptors (Lipinski definition) is 7. The minimum atomic E-state index is -1.60. The van der Waals surface area contributed by atoms with Gasteiger partial charge in [0.1, 0.15) is 0 Å². The number of esters is 2. The van der Waals surface area contributed by atoms with E-state index in [1.54, 1.807) is 6.08 Å². The molecule has 0 radical (unpaired) electrons. The molecule has 1 aromatic carbocycles. The number of anilines is 1. The number of rotatable bonds is 4. The highest BCUT2D eigenvalue weighted by atomic mass is 35.5. The number of halogens is 2. The maximum atomic E-state index is 13.3. The lowest BCUT2D eigenvalue weighted by Gasteiger charge is -2.34. The predicted octanol–water partition coefficient (Wildman–Crippen LogP) is 2.26. The van der Waals surface area contributed by atoms with Gasteiger partial charge in [0.25, 0.3) is 6.29 Å². The summed E-state index contributed by atoms with van der Waals surface area (Å²) in [6, 6.07) is 4.41. The van der Waals surface area contributed by atoms with Gasteiger partial charge in [0.2, 0.25) is 11.8 Å². The van der Waals surface area contributed by atoms with Gasteiger partial charge in [-0.25, -0.2) is 4.90 Å². The second kappa shape index (κ2) is 6.83. The van der Waals surface area contributed by atoms with Crippen molar-refractivity contribution in [2.24, 2.45) is 11.8 Å². The molecule has 4 rings (SSSR count). The second-order valence-corrected chi connectivity index (χ2v) is 7.80. The number of benzene rings is 1. The first-order valence-corrected chi connectivity index (χ1v) is 9.46. The normalized spacial score (nSPS) is 29.6. The van der Waals surface area contributed by atoms with Gasteiger partial charge in [0, 0.05) is 18.9 Å². The Bertz CT molecular complexity index is 961. The average Bonchev–Trinajstić information content (AvgIpc) is 3.26. The van der Waals surface area contributed by atoms with Crippen molar-refractivity contribution in [3.05, 3.63) is 40.4 Å². The van der Waals surface area contributed by atoms with Crippen LogP contribution in [0.5, 0.6) is 0 Å². The van der Waals surface area contributed by atoms with Crippen LogP contribution in [-0.4, -0.2) is 41.7 Å². The SMILES string of the molecule is CC(=O)OC(OC(C)=O)[C@@]12C=C[C@@H](O1)[C@@H]1C(=O)N(c3ccc(Cl)cc3Cl)C(=O)[C@H]12. The zero-order valence-corrected chi connectivity index (χ0v) is 16.8. The summed E-state index contributed by atoms with van der Waals surface area (Å²) in [7, 11) is 0. The molecule has 8 nitrogen and oxygen atoms in total. The zero-order chi connectivity index (χ0) is 21.1. The van der Waals surface area contributed by atoms with Crippen LogP contribution in [0.2, 0.25) is 10.0 Å². The molecule has 1 aromatic rings. The summed E-state index contributed by atoms with van der Waals surface area (Å²) < 4.78 is 16.2. The van der Waals surface area contributed by atoms with Crippen molar-refractivity contribution < 1.29 is 33.4 Å². The van der Waals surface area contributed by atoms with E-state index >= 15 is 0 Å². The lowest BCUT2D eigenvalue weighted by atomic mass is 9.76. The summed E-state index contributed by atoms with van der Waals surface area (Å²) in [6.07, 6.45) is 0.847. The lowest BCUT2D eigenvalue weighted by Crippen LogP contribution is -2.52. The minimum Gasteiger partial charge on any atom is -0.422 e. The molecule has 2 bridgehead atoms. The Morgan fingerprint density at radius 3 is 2.38 bits per heavy atom. The average molecular weight is 440 g/mol. The maximum Gasteiger partial charge on any atom is 0.305 e. The van der Waals surface area contributed by atoms with Crippen LogP contribution in [-0.2, 0) is 33.4 Å². The molecule has 3 heterocycles. The molecular formula is C19H15Cl2NO7. The minimum absolute atomic E-state index is 0.131. The maximum absolute atomic E-state index is 13.3. The lowest BCUT2D eigenvalue weighted by molar-refractivity contribution is -0.226. The number of nitrogens with zero attached hydrogens (tertiary/aromatic N) is 1. The van der Waals surface area contributed by atoms with Crippen molar-refractivity contribution >= 4 is 52.6 Å². The van der Waals surface area contributed by atoms with Gasteiger partial charge < -0.3 is 14.2 Å². The number of imide groups is 1. The molecule has 152 valence electrons.